The average Bonchev–Trinajstić information content (AvgIpc) is 2.46. The van der Waals surface area contributed by atoms with Crippen LogP contribution >= 0.6 is 24.8 Å². The summed E-state index contributed by atoms with van der Waals surface area (Å²) in [7, 11) is 0. The fourth-order valence-electron chi connectivity index (χ4n) is 2.65. The zero-order valence-electron chi connectivity index (χ0n) is 14.1. The summed E-state index contributed by atoms with van der Waals surface area (Å²) < 4.78 is 0. The first kappa shape index (κ1) is 22.0. The number of piperidine rings is 1. The number of rotatable bonds is 3. The van der Waals surface area contributed by atoms with Gasteiger partial charge in [-0.25, -0.2) is 0 Å². The third kappa shape index (κ3) is 6.21. The number of hydrogen-bond acceptors (Lipinski definition) is 3. The van der Waals surface area contributed by atoms with Gasteiger partial charge in [0.15, 0.2) is 0 Å². The quantitative estimate of drug-likeness (QED) is 0.869. The molecule has 1 fully saturated rings. The fourth-order valence-corrected chi connectivity index (χ4v) is 2.65. The largest absolute Gasteiger partial charge is 0.369 e. The first-order valence-electron chi connectivity index (χ1n) is 7.74. The SMILES string of the molecule is CC(C)(C)[C@H](N)C(=O)NC1CCCN(c2ccccc2)C1.Cl.Cl. The minimum absolute atomic E-state index is 0. The monoisotopic (exact) mass is 361 g/mol. The van der Waals surface area contributed by atoms with Gasteiger partial charge in [0.2, 0.25) is 5.91 Å². The molecule has 1 aromatic rings. The molecule has 0 aliphatic carbocycles. The van der Waals surface area contributed by atoms with Crippen LogP contribution in [0.5, 0.6) is 0 Å². The lowest BCUT2D eigenvalue weighted by Gasteiger charge is -2.36. The van der Waals surface area contributed by atoms with Gasteiger partial charge in [0, 0.05) is 24.8 Å². The van der Waals surface area contributed by atoms with E-state index in [4.69, 9.17) is 5.73 Å². The van der Waals surface area contributed by atoms with Gasteiger partial charge in [-0.15, -0.1) is 24.8 Å². The molecule has 2 atom stereocenters. The van der Waals surface area contributed by atoms with Crippen molar-refractivity contribution in [3.05, 3.63) is 30.3 Å². The number of hydrogen-bond donors (Lipinski definition) is 2. The Kier molecular flexibility index (Phi) is 8.96. The van der Waals surface area contributed by atoms with E-state index in [9.17, 15) is 4.79 Å². The number of nitrogens with one attached hydrogen (secondary N) is 1. The van der Waals surface area contributed by atoms with Crippen molar-refractivity contribution in [1.29, 1.82) is 0 Å². The summed E-state index contributed by atoms with van der Waals surface area (Å²) in [5, 5.41) is 3.12. The van der Waals surface area contributed by atoms with E-state index in [1.807, 2.05) is 39.0 Å². The topological polar surface area (TPSA) is 58.4 Å². The predicted octanol–water partition coefficient (Wildman–Crippen LogP) is 2.99. The molecule has 0 spiro atoms. The Morgan fingerprint density at radius 2 is 1.87 bits per heavy atom. The van der Waals surface area contributed by atoms with Gasteiger partial charge >= 0.3 is 0 Å². The summed E-state index contributed by atoms with van der Waals surface area (Å²) in [4.78, 5) is 14.6. The number of halogens is 2. The Morgan fingerprint density at radius 1 is 1.26 bits per heavy atom. The van der Waals surface area contributed by atoms with Crippen molar-refractivity contribution in [3.63, 3.8) is 0 Å². The van der Waals surface area contributed by atoms with E-state index in [1.165, 1.54) is 5.69 Å². The number of nitrogens with zero attached hydrogens (tertiary/aromatic N) is 1. The highest BCUT2D eigenvalue weighted by Gasteiger charge is 2.30. The van der Waals surface area contributed by atoms with Crippen LogP contribution in [0.1, 0.15) is 33.6 Å². The van der Waals surface area contributed by atoms with Crippen molar-refractivity contribution in [2.45, 2.75) is 45.7 Å². The zero-order chi connectivity index (χ0) is 15.5. The molecule has 0 radical (unpaired) electrons. The summed E-state index contributed by atoms with van der Waals surface area (Å²) in [6.45, 7) is 7.88. The van der Waals surface area contributed by atoms with Crippen LogP contribution in [0, 0.1) is 5.41 Å². The standard InChI is InChI=1S/C17H27N3O.2ClH/c1-17(2,3)15(18)16(21)19-13-8-7-11-20(12-13)14-9-5-4-6-10-14;;/h4-6,9-10,13,15H,7-8,11-12,18H2,1-3H3,(H,19,21);2*1H/t13?,15-;;/m1../s1. The van der Waals surface area contributed by atoms with Gasteiger partial charge in [0.25, 0.3) is 0 Å². The number of nitrogens with two attached hydrogens (primary N) is 1. The molecule has 4 nitrogen and oxygen atoms in total. The summed E-state index contributed by atoms with van der Waals surface area (Å²) >= 11 is 0. The molecular formula is C17H29Cl2N3O. The Labute approximate surface area is 152 Å². The number of amides is 1. The first-order valence-corrected chi connectivity index (χ1v) is 7.74. The van der Waals surface area contributed by atoms with Crippen LogP contribution in [-0.2, 0) is 4.79 Å². The van der Waals surface area contributed by atoms with Crippen molar-refractivity contribution in [2.75, 3.05) is 18.0 Å². The normalized spacial score (nSPS) is 19.1. The van der Waals surface area contributed by atoms with Gasteiger partial charge in [-0.05, 0) is 30.4 Å². The van der Waals surface area contributed by atoms with Gasteiger partial charge in [-0.2, -0.15) is 0 Å². The van der Waals surface area contributed by atoms with Crippen LogP contribution in [0.4, 0.5) is 5.69 Å². The van der Waals surface area contributed by atoms with Crippen molar-refractivity contribution in [1.82, 2.24) is 5.32 Å². The summed E-state index contributed by atoms with van der Waals surface area (Å²) in [5.41, 5.74) is 7.04. The Hall–Kier alpha value is -0.970. The summed E-state index contributed by atoms with van der Waals surface area (Å²) in [6.07, 6.45) is 2.11. The lowest BCUT2D eigenvalue weighted by molar-refractivity contribution is -0.125. The Bertz CT molecular complexity index is 476. The number of benzene rings is 1. The molecule has 2 rings (SSSR count). The first-order chi connectivity index (χ1) is 9.88. The van der Waals surface area contributed by atoms with Crippen LogP contribution in [-0.4, -0.2) is 31.1 Å². The summed E-state index contributed by atoms with van der Waals surface area (Å²) in [6, 6.07) is 10.1. The number of carbonyl (C=O) groups is 1. The lowest BCUT2D eigenvalue weighted by Crippen LogP contribution is -2.55. The zero-order valence-corrected chi connectivity index (χ0v) is 15.8. The molecular weight excluding hydrogens is 333 g/mol. The fraction of sp³-hybridized carbons (Fsp3) is 0.588. The Balaban J connectivity index is 0.00000242. The highest BCUT2D eigenvalue weighted by molar-refractivity contribution is 5.85. The number of carbonyl (C=O) groups excluding carboxylic acids is 1. The number of para-hydroxylation sites is 1. The molecule has 1 aliphatic heterocycles. The van der Waals surface area contributed by atoms with Gasteiger partial charge in [0.05, 0.1) is 6.04 Å². The van der Waals surface area contributed by atoms with E-state index in [1.54, 1.807) is 0 Å². The molecule has 3 N–H and O–H groups in total. The summed E-state index contributed by atoms with van der Waals surface area (Å²) in [5.74, 6) is -0.0394. The molecule has 1 unspecified atom stereocenters. The molecule has 1 aliphatic rings. The molecule has 1 aromatic carbocycles. The molecule has 1 saturated heterocycles. The maximum absolute atomic E-state index is 12.2. The van der Waals surface area contributed by atoms with Crippen LogP contribution in [0.3, 0.4) is 0 Å². The molecule has 1 amide bonds. The van der Waals surface area contributed by atoms with Gasteiger partial charge in [0.1, 0.15) is 0 Å². The molecule has 1 heterocycles. The van der Waals surface area contributed by atoms with Crippen LogP contribution < -0.4 is 16.0 Å². The predicted molar refractivity (Wildman–Crippen MR) is 102 cm³/mol. The van der Waals surface area contributed by atoms with E-state index in [0.717, 1.165) is 25.9 Å². The maximum Gasteiger partial charge on any atom is 0.237 e. The molecule has 23 heavy (non-hydrogen) atoms. The second-order valence-corrected chi connectivity index (χ2v) is 6.97. The van der Waals surface area contributed by atoms with Crippen molar-refractivity contribution in [3.8, 4) is 0 Å². The van der Waals surface area contributed by atoms with E-state index in [2.05, 4.69) is 22.3 Å². The van der Waals surface area contributed by atoms with E-state index in [0.29, 0.717) is 0 Å². The van der Waals surface area contributed by atoms with Gasteiger partial charge < -0.3 is 16.0 Å². The van der Waals surface area contributed by atoms with Crippen LogP contribution in [0.25, 0.3) is 0 Å². The lowest BCUT2D eigenvalue weighted by atomic mass is 9.86. The molecule has 132 valence electrons. The second kappa shape index (κ2) is 9.36. The number of anilines is 1. The third-order valence-corrected chi connectivity index (χ3v) is 4.10. The minimum Gasteiger partial charge on any atom is -0.369 e. The third-order valence-electron chi connectivity index (χ3n) is 4.10. The van der Waals surface area contributed by atoms with Crippen LogP contribution in [0.15, 0.2) is 30.3 Å². The maximum atomic E-state index is 12.2. The molecule has 0 bridgehead atoms. The van der Waals surface area contributed by atoms with Crippen molar-refractivity contribution < 1.29 is 4.79 Å². The van der Waals surface area contributed by atoms with E-state index in [-0.39, 0.29) is 42.2 Å². The Morgan fingerprint density at radius 3 is 2.43 bits per heavy atom. The van der Waals surface area contributed by atoms with Crippen molar-refractivity contribution in [2.24, 2.45) is 11.1 Å². The van der Waals surface area contributed by atoms with E-state index >= 15 is 0 Å². The van der Waals surface area contributed by atoms with Gasteiger partial charge in [-0.1, -0.05) is 39.0 Å². The highest BCUT2D eigenvalue weighted by atomic mass is 35.5. The van der Waals surface area contributed by atoms with Gasteiger partial charge in [-0.3, -0.25) is 4.79 Å². The molecule has 0 saturated carbocycles. The average molecular weight is 362 g/mol. The molecule has 0 aromatic heterocycles. The van der Waals surface area contributed by atoms with Crippen molar-refractivity contribution >= 4 is 36.4 Å². The highest BCUT2D eigenvalue weighted by Crippen LogP contribution is 2.21. The molecule has 6 heteroatoms. The minimum atomic E-state index is -0.468. The van der Waals surface area contributed by atoms with E-state index < -0.39 is 6.04 Å². The van der Waals surface area contributed by atoms with Crippen LogP contribution in [0.2, 0.25) is 0 Å². The second-order valence-electron chi connectivity index (χ2n) is 6.97. The smallest absolute Gasteiger partial charge is 0.237 e.